The van der Waals surface area contributed by atoms with E-state index >= 15 is 0 Å². The largest absolute Gasteiger partial charge is 0.355 e. The van der Waals surface area contributed by atoms with E-state index in [0.717, 1.165) is 5.82 Å². The second kappa shape index (κ2) is 4.63. The maximum absolute atomic E-state index is 11.5. The first-order valence-corrected chi connectivity index (χ1v) is 8.38. The Morgan fingerprint density at radius 2 is 2.16 bits per heavy atom. The Morgan fingerprint density at radius 3 is 2.79 bits per heavy atom. The van der Waals surface area contributed by atoms with Crippen molar-refractivity contribution < 1.29 is 8.42 Å². The van der Waals surface area contributed by atoms with Crippen LogP contribution in [0.5, 0.6) is 0 Å². The molecule has 1 saturated carbocycles. The lowest BCUT2D eigenvalue weighted by atomic mass is 10.2. The Morgan fingerprint density at radius 1 is 1.37 bits per heavy atom. The van der Waals surface area contributed by atoms with E-state index in [4.69, 9.17) is 0 Å². The summed E-state index contributed by atoms with van der Waals surface area (Å²) in [6, 6.07) is 2.35. The molecule has 7 heteroatoms. The van der Waals surface area contributed by atoms with Crippen LogP contribution in [0, 0.1) is 0 Å². The lowest BCUT2D eigenvalue weighted by Crippen LogP contribution is -2.33. The van der Waals surface area contributed by atoms with Crippen molar-refractivity contribution in [2.45, 2.75) is 31.3 Å². The van der Waals surface area contributed by atoms with Gasteiger partial charge in [-0.2, -0.15) is 4.98 Å². The number of aromatic nitrogens is 2. The molecule has 1 unspecified atom stereocenters. The van der Waals surface area contributed by atoms with E-state index < -0.39 is 9.84 Å². The van der Waals surface area contributed by atoms with Crippen LogP contribution in [0.1, 0.15) is 19.3 Å². The van der Waals surface area contributed by atoms with Crippen LogP contribution in [0.2, 0.25) is 0 Å². The minimum absolute atomic E-state index is 0.0219. The maximum atomic E-state index is 11.5. The summed E-state index contributed by atoms with van der Waals surface area (Å²) in [6.45, 7) is 0. The summed E-state index contributed by atoms with van der Waals surface area (Å²) in [7, 11) is -0.971. The molecule has 2 fully saturated rings. The van der Waals surface area contributed by atoms with Gasteiger partial charge in [0.2, 0.25) is 5.95 Å². The highest BCUT2D eigenvalue weighted by Crippen LogP contribution is 2.25. The monoisotopic (exact) mass is 282 g/mol. The second-order valence-electron chi connectivity index (χ2n) is 5.32. The number of nitrogens with one attached hydrogen (secondary N) is 1. The topological polar surface area (TPSA) is 75.2 Å². The Hall–Kier alpha value is -1.37. The van der Waals surface area contributed by atoms with Gasteiger partial charge in [-0.3, -0.25) is 0 Å². The van der Waals surface area contributed by atoms with Crippen LogP contribution in [-0.2, 0) is 9.84 Å². The molecule has 1 atom stereocenters. The van der Waals surface area contributed by atoms with Crippen molar-refractivity contribution in [3.8, 4) is 0 Å². The SMILES string of the molecule is CN(c1ccnc(NC2CC2)n1)C1CCS(=O)(=O)C1. The van der Waals surface area contributed by atoms with Gasteiger partial charge in [0.05, 0.1) is 11.5 Å². The van der Waals surface area contributed by atoms with Crippen LogP contribution in [0.15, 0.2) is 12.3 Å². The number of rotatable bonds is 4. The molecule has 19 heavy (non-hydrogen) atoms. The summed E-state index contributed by atoms with van der Waals surface area (Å²) in [5, 5.41) is 3.25. The Balaban J connectivity index is 1.73. The van der Waals surface area contributed by atoms with Gasteiger partial charge in [-0.25, -0.2) is 13.4 Å². The fraction of sp³-hybridized carbons (Fsp3) is 0.667. The summed E-state index contributed by atoms with van der Waals surface area (Å²) in [5.41, 5.74) is 0. The molecule has 1 N–H and O–H groups in total. The van der Waals surface area contributed by atoms with Gasteiger partial charge in [0.15, 0.2) is 9.84 Å². The van der Waals surface area contributed by atoms with Gasteiger partial charge in [-0.1, -0.05) is 0 Å². The quantitative estimate of drug-likeness (QED) is 0.875. The normalized spacial score (nSPS) is 25.2. The second-order valence-corrected chi connectivity index (χ2v) is 7.55. The first-order chi connectivity index (χ1) is 9.03. The van der Waals surface area contributed by atoms with E-state index in [-0.39, 0.29) is 17.5 Å². The van der Waals surface area contributed by atoms with E-state index in [1.807, 2.05) is 18.0 Å². The highest BCUT2D eigenvalue weighted by Gasteiger charge is 2.31. The molecule has 0 radical (unpaired) electrons. The first-order valence-electron chi connectivity index (χ1n) is 6.56. The van der Waals surface area contributed by atoms with Crippen molar-refractivity contribution in [2.75, 3.05) is 28.8 Å². The number of hydrogen-bond donors (Lipinski definition) is 1. The summed E-state index contributed by atoms with van der Waals surface area (Å²) >= 11 is 0. The van der Waals surface area contributed by atoms with Crippen LogP contribution < -0.4 is 10.2 Å². The molecule has 1 aromatic rings. The molecule has 1 aliphatic carbocycles. The smallest absolute Gasteiger partial charge is 0.224 e. The van der Waals surface area contributed by atoms with E-state index in [1.165, 1.54) is 12.8 Å². The molecule has 1 saturated heterocycles. The third-order valence-corrected chi connectivity index (χ3v) is 5.42. The third-order valence-electron chi connectivity index (χ3n) is 3.67. The van der Waals surface area contributed by atoms with Gasteiger partial charge < -0.3 is 10.2 Å². The summed E-state index contributed by atoms with van der Waals surface area (Å²) in [4.78, 5) is 10.6. The average molecular weight is 282 g/mol. The lowest BCUT2D eigenvalue weighted by molar-refractivity contribution is 0.600. The predicted octanol–water partition coefficient (Wildman–Crippen LogP) is 0.674. The van der Waals surface area contributed by atoms with E-state index in [1.54, 1.807) is 6.20 Å². The van der Waals surface area contributed by atoms with Gasteiger partial charge in [-0.15, -0.1) is 0 Å². The van der Waals surface area contributed by atoms with Crippen molar-refractivity contribution in [3.63, 3.8) is 0 Å². The number of sulfone groups is 1. The lowest BCUT2D eigenvalue weighted by Gasteiger charge is -2.24. The zero-order valence-electron chi connectivity index (χ0n) is 10.9. The third kappa shape index (κ3) is 2.97. The fourth-order valence-corrected chi connectivity index (χ4v) is 4.07. The minimum Gasteiger partial charge on any atom is -0.355 e. The number of anilines is 2. The summed E-state index contributed by atoms with van der Waals surface area (Å²) < 4.78 is 23.1. The van der Waals surface area contributed by atoms with Crippen molar-refractivity contribution in [2.24, 2.45) is 0 Å². The predicted molar refractivity (Wildman–Crippen MR) is 74.1 cm³/mol. The first kappa shape index (κ1) is 12.7. The van der Waals surface area contributed by atoms with E-state index in [2.05, 4.69) is 15.3 Å². The van der Waals surface area contributed by atoms with Crippen LogP contribution >= 0.6 is 0 Å². The molecule has 0 amide bonds. The molecule has 1 aromatic heterocycles. The van der Waals surface area contributed by atoms with E-state index in [0.29, 0.717) is 18.4 Å². The highest BCUT2D eigenvalue weighted by atomic mass is 32.2. The fourth-order valence-electron chi connectivity index (χ4n) is 2.29. The molecule has 2 heterocycles. The Bertz CT molecular complexity index is 571. The van der Waals surface area contributed by atoms with Gasteiger partial charge in [0.1, 0.15) is 5.82 Å². The van der Waals surface area contributed by atoms with Crippen LogP contribution in [0.25, 0.3) is 0 Å². The molecule has 1 aliphatic heterocycles. The molecular weight excluding hydrogens is 264 g/mol. The molecule has 0 aromatic carbocycles. The molecular formula is C12H18N4O2S. The van der Waals surface area contributed by atoms with Gasteiger partial charge >= 0.3 is 0 Å². The van der Waals surface area contributed by atoms with Gasteiger partial charge in [-0.05, 0) is 25.3 Å². The van der Waals surface area contributed by atoms with Crippen LogP contribution in [0.3, 0.4) is 0 Å². The molecule has 0 spiro atoms. The van der Waals surface area contributed by atoms with Gasteiger partial charge in [0.25, 0.3) is 0 Å². The molecule has 104 valence electrons. The Kier molecular flexibility index (Phi) is 3.08. The van der Waals surface area contributed by atoms with Crippen LogP contribution in [-0.4, -0.2) is 49.0 Å². The van der Waals surface area contributed by atoms with Crippen LogP contribution in [0.4, 0.5) is 11.8 Å². The van der Waals surface area contributed by atoms with Crippen molar-refractivity contribution in [1.29, 1.82) is 0 Å². The molecule has 6 nitrogen and oxygen atoms in total. The molecule has 0 bridgehead atoms. The standard InChI is InChI=1S/C12H18N4O2S/c1-16(10-5-7-19(17,18)8-10)11-4-6-13-12(15-11)14-9-2-3-9/h4,6,9-10H,2-3,5,7-8H2,1H3,(H,13,14,15). The zero-order valence-corrected chi connectivity index (χ0v) is 11.7. The van der Waals surface area contributed by atoms with Crippen molar-refractivity contribution in [1.82, 2.24) is 9.97 Å². The highest BCUT2D eigenvalue weighted by molar-refractivity contribution is 7.91. The zero-order chi connectivity index (χ0) is 13.5. The van der Waals surface area contributed by atoms with Gasteiger partial charge in [0, 0.05) is 25.3 Å². The number of nitrogens with zero attached hydrogens (tertiary/aromatic N) is 3. The van der Waals surface area contributed by atoms with Crippen molar-refractivity contribution in [3.05, 3.63) is 12.3 Å². The minimum atomic E-state index is -2.87. The number of hydrogen-bond acceptors (Lipinski definition) is 6. The molecule has 3 rings (SSSR count). The average Bonchev–Trinajstić information content (AvgIpc) is 3.11. The summed E-state index contributed by atoms with van der Waals surface area (Å²) in [6.07, 6.45) is 4.73. The van der Waals surface area contributed by atoms with E-state index in [9.17, 15) is 8.42 Å². The molecule has 2 aliphatic rings. The maximum Gasteiger partial charge on any atom is 0.224 e. The summed E-state index contributed by atoms with van der Waals surface area (Å²) in [5.74, 6) is 1.91. The van der Waals surface area contributed by atoms with Crippen molar-refractivity contribution >= 4 is 21.6 Å². The Labute approximate surface area is 113 Å².